The molecule has 0 radical (unpaired) electrons. The molecule has 0 bridgehead atoms. The minimum absolute atomic E-state index is 0.238. The molecule has 27 heavy (non-hydrogen) atoms. The first-order chi connectivity index (χ1) is 13.0. The van der Waals surface area contributed by atoms with E-state index in [1.54, 1.807) is 18.5 Å². The van der Waals surface area contributed by atoms with Crippen molar-refractivity contribution in [2.24, 2.45) is 0 Å². The summed E-state index contributed by atoms with van der Waals surface area (Å²) in [6.45, 7) is 7.31. The highest BCUT2D eigenvalue weighted by Gasteiger charge is 2.21. The van der Waals surface area contributed by atoms with Crippen molar-refractivity contribution in [3.8, 4) is 0 Å². The Balaban J connectivity index is 1.88. The molecule has 1 aliphatic heterocycles. The molecule has 3 rings (SSSR count). The van der Waals surface area contributed by atoms with Gasteiger partial charge >= 0.3 is 0 Å². The van der Waals surface area contributed by atoms with Gasteiger partial charge in [-0.2, -0.15) is 4.98 Å². The Morgan fingerprint density at radius 3 is 2.74 bits per heavy atom. The summed E-state index contributed by atoms with van der Waals surface area (Å²) in [6.07, 6.45) is 7.06. The molecule has 2 N–H and O–H groups in total. The van der Waals surface area contributed by atoms with E-state index in [0.29, 0.717) is 22.3 Å². The Bertz CT molecular complexity index is 770. The number of thiocarbonyl (C=S) groups is 1. The normalized spacial score (nSPS) is 17.0. The van der Waals surface area contributed by atoms with E-state index in [0.717, 1.165) is 17.4 Å². The molecule has 2 aromatic rings. The third kappa shape index (κ3) is 5.74. The molecule has 0 unspecified atom stereocenters. The first-order valence-electron chi connectivity index (χ1n) is 9.19. The fourth-order valence-corrected chi connectivity index (χ4v) is 3.98. The third-order valence-electron chi connectivity index (χ3n) is 4.17. The Labute approximate surface area is 169 Å². The van der Waals surface area contributed by atoms with Gasteiger partial charge in [0.25, 0.3) is 0 Å². The van der Waals surface area contributed by atoms with Crippen LogP contribution in [0.5, 0.6) is 0 Å². The zero-order valence-corrected chi connectivity index (χ0v) is 17.5. The van der Waals surface area contributed by atoms with Crippen LogP contribution in [-0.2, 0) is 0 Å². The van der Waals surface area contributed by atoms with E-state index < -0.39 is 0 Å². The lowest BCUT2D eigenvalue weighted by molar-refractivity contribution is 0.480. The van der Waals surface area contributed by atoms with E-state index in [9.17, 15) is 0 Å². The van der Waals surface area contributed by atoms with Crippen LogP contribution in [0.4, 0.5) is 11.8 Å². The van der Waals surface area contributed by atoms with Gasteiger partial charge in [0.05, 0.1) is 0 Å². The van der Waals surface area contributed by atoms with Crippen LogP contribution in [0.15, 0.2) is 34.7 Å². The van der Waals surface area contributed by atoms with Gasteiger partial charge < -0.3 is 15.5 Å². The Hall–Kier alpha value is -2.00. The average molecular weight is 404 g/mol. The predicted molar refractivity (Wildman–Crippen MR) is 113 cm³/mol. The molecule has 7 nitrogen and oxygen atoms in total. The quantitative estimate of drug-likeness (QED) is 0.443. The highest BCUT2D eigenvalue weighted by Crippen LogP contribution is 2.29. The summed E-state index contributed by atoms with van der Waals surface area (Å²) in [5.74, 6) is 1.40. The summed E-state index contributed by atoms with van der Waals surface area (Å²) in [5.41, 5.74) is 0. The van der Waals surface area contributed by atoms with Crippen molar-refractivity contribution < 1.29 is 0 Å². The summed E-state index contributed by atoms with van der Waals surface area (Å²) in [6, 6.07) is 4.50. The standard InChI is InChI=1S/C18H25N7S2/c1-12(2)21-17(26)24-16-22-14(25-10-5-4-7-13(25)3)11-15(23-16)27-18-19-8-6-9-20-18/h6,8-9,11-13H,4-5,7,10H2,1-3H3,(H2,21,22,23,24,26)/t13-/m1/s1. The lowest BCUT2D eigenvalue weighted by atomic mass is 10.0. The average Bonchev–Trinajstić information content (AvgIpc) is 2.62. The maximum absolute atomic E-state index is 5.36. The smallest absolute Gasteiger partial charge is 0.232 e. The van der Waals surface area contributed by atoms with Gasteiger partial charge in [-0.1, -0.05) is 0 Å². The van der Waals surface area contributed by atoms with Crippen LogP contribution in [0.1, 0.15) is 40.0 Å². The van der Waals surface area contributed by atoms with Crippen molar-refractivity contribution in [2.75, 3.05) is 16.8 Å². The minimum atomic E-state index is 0.238. The van der Waals surface area contributed by atoms with E-state index in [-0.39, 0.29) is 6.04 Å². The molecule has 0 saturated carbocycles. The molecular formula is C18H25N7S2. The lowest BCUT2D eigenvalue weighted by Crippen LogP contribution is -2.38. The second-order valence-electron chi connectivity index (χ2n) is 6.81. The number of nitrogens with one attached hydrogen (secondary N) is 2. The van der Waals surface area contributed by atoms with Crippen molar-refractivity contribution in [3.05, 3.63) is 24.5 Å². The lowest BCUT2D eigenvalue weighted by Gasteiger charge is -2.34. The van der Waals surface area contributed by atoms with E-state index in [4.69, 9.17) is 17.2 Å². The number of piperidine rings is 1. The van der Waals surface area contributed by atoms with Crippen LogP contribution in [0.3, 0.4) is 0 Å². The summed E-state index contributed by atoms with van der Waals surface area (Å²) in [4.78, 5) is 20.2. The summed E-state index contributed by atoms with van der Waals surface area (Å²) in [5, 5.41) is 8.23. The van der Waals surface area contributed by atoms with Crippen LogP contribution < -0.4 is 15.5 Å². The molecular weight excluding hydrogens is 378 g/mol. The number of aromatic nitrogens is 4. The zero-order valence-electron chi connectivity index (χ0n) is 15.8. The molecule has 3 heterocycles. The first kappa shape index (κ1) is 19.8. The summed E-state index contributed by atoms with van der Waals surface area (Å²) in [7, 11) is 0. The summed E-state index contributed by atoms with van der Waals surface area (Å²) < 4.78 is 0. The zero-order chi connectivity index (χ0) is 19.2. The van der Waals surface area contributed by atoms with E-state index in [2.05, 4.69) is 37.4 Å². The number of nitrogens with zero attached hydrogens (tertiary/aromatic N) is 5. The molecule has 0 amide bonds. The molecule has 0 aromatic carbocycles. The third-order valence-corrected chi connectivity index (χ3v) is 5.20. The number of rotatable bonds is 5. The van der Waals surface area contributed by atoms with Crippen LogP contribution in [0, 0.1) is 0 Å². The van der Waals surface area contributed by atoms with Gasteiger partial charge in [0.2, 0.25) is 5.95 Å². The Morgan fingerprint density at radius 2 is 2.04 bits per heavy atom. The van der Waals surface area contributed by atoms with Crippen molar-refractivity contribution in [1.82, 2.24) is 25.3 Å². The molecule has 1 fully saturated rings. The second-order valence-corrected chi connectivity index (χ2v) is 8.21. The molecule has 9 heteroatoms. The van der Waals surface area contributed by atoms with Crippen LogP contribution in [0.2, 0.25) is 0 Å². The Morgan fingerprint density at radius 1 is 1.26 bits per heavy atom. The van der Waals surface area contributed by atoms with Gasteiger partial charge in [0.1, 0.15) is 10.8 Å². The fraction of sp³-hybridized carbons (Fsp3) is 0.500. The van der Waals surface area contributed by atoms with Crippen molar-refractivity contribution in [3.63, 3.8) is 0 Å². The fourth-order valence-electron chi connectivity index (χ4n) is 2.94. The van der Waals surface area contributed by atoms with E-state index in [1.165, 1.54) is 31.0 Å². The van der Waals surface area contributed by atoms with Crippen LogP contribution in [0.25, 0.3) is 0 Å². The number of hydrogen-bond donors (Lipinski definition) is 2. The SMILES string of the molecule is CC(C)NC(=S)Nc1nc(Sc2ncccn2)cc(N2CCCC[C@H]2C)n1. The van der Waals surface area contributed by atoms with E-state index >= 15 is 0 Å². The Kier molecular flexibility index (Phi) is 6.78. The van der Waals surface area contributed by atoms with Crippen LogP contribution >= 0.6 is 24.0 Å². The van der Waals surface area contributed by atoms with Crippen molar-refractivity contribution in [1.29, 1.82) is 0 Å². The maximum atomic E-state index is 5.36. The summed E-state index contributed by atoms with van der Waals surface area (Å²) >= 11 is 6.78. The second kappa shape index (κ2) is 9.27. The predicted octanol–water partition coefficient (Wildman–Crippen LogP) is 3.49. The van der Waals surface area contributed by atoms with Gasteiger partial charge in [-0.15, -0.1) is 0 Å². The molecule has 2 aromatic heterocycles. The molecule has 1 saturated heterocycles. The van der Waals surface area contributed by atoms with Gasteiger partial charge in [0.15, 0.2) is 10.3 Å². The molecule has 144 valence electrons. The number of anilines is 2. The highest BCUT2D eigenvalue weighted by atomic mass is 32.2. The first-order valence-corrected chi connectivity index (χ1v) is 10.4. The van der Waals surface area contributed by atoms with Gasteiger partial charge in [0, 0.05) is 37.1 Å². The van der Waals surface area contributed by atoms with E-state index in [1.807, 2.05) is 19.9 Å². The van der Waals surface area contributed by atoms with Crippen molar-refractivity contribution >= 4 is 40.9 Å². The van der Waals surface area contributed by atoms with Crippen LogP contribution in [-0.4, -0.2) is 43.7 Å². The van der Waals surface area contributed by atoms with Gasteiger partial charge in [-0.25, -0.2) is 15.0 Å². The van der Waals surface area contributed by atoms with Gasteiger partial charge in [-0.3, -0.25) is 0 Å². The van der Waals surface area contributed by atoms with Gasteiger partial charge in [-0.05, 0) is 70.1 Å². The molecule has 0 spiro atoms. The number of hydrogen-bond acceptors (Lipinski definition) is 7. The minimum Gasteiger partial charge on any atom is -0.360 e. The van der Waals surface area contributed by atoms with Crippen molar-refractivity contribution in [2.45, 2.75) is 62.3 Å². The highest BCUT2D eigenvalue weighted by molar-refractivity contribution is 7.99. The topological polar surface area (TPSA) is 78.9 Å². The molecule has 1 aliphatic rings. The monoisotopic (exact) mass is 403 g/mol. The largest absolute Gasteiger partial charge is 0.360 e. The molecule has 0 aliphatic carbocycles. The molecule has 1 atom stereocenters. The maximum Gasteiger partial charge on any atom is 0.232 e.